The molecule has 2 aromatic heterocycles. The first-order valence-electron chi connectivity index (χ1n) is 7.68. The molecule has 6 nitrogen and oxygen atoms in total. The second kappa shape index (κ2) is 6.73. The summed E-state index contributed by atoms with van der Waals surface area (Å²) in [7, 11) is 1.39. The van der Waals surface area contributed by atoms with E-state index >= 15 is 0 Å². The quantitative estimate of drug-likeness (QED) is 0.793. The van der Waals surface area contributed by atoms with Gasteiger partial charge in [-0.2, -0.15) is 0 Å². The number of nitrogens with zero attached hydrogens (tertiary/aromatic N) is 1. The molecule has 122 valence electrons. The average molecular weight is 317 g/mol. The lowest BCUT2D eigenvalue weighted by atomic mass is 10.2. The van der Waals surface area contributed by atoms with Crippen LogP contribution in [0, 0.1) is 0 Å². The third-order valence-corrected chi connectivity index (χ3v) is 4.12. The molecule has 6 heteroatoms. The van der Waals surface area contributed by atoms with E-state index in [1.165, 1.54) is 32.3 Å². The Labute approximate surface area is 133 Å². The Bertz CT molecular complexity index is 739. The van der Waals surface area contributed by atoms with Crippen molar-refractivity contribution in [1.29, 1.82) is 0 Å². The van der Waals surface area contributed by atoms with Crippen LogP contribution in [0.15, 0.2) is 39.9 Å². The second-order valence-corrected chi connectivity index (χ2v) is 5.59. The summed E-state index contributed by atoms with van der Waals surface area (Å²) >= 11 is 0. The monoisotopic (exact) mass is 317 g/mol. The van der Waals surface area contributed by atoms with Gasteiger partial charge in [0.25, 0.3) is 0 Å². The molecule has 0 unspecified atom stereocenters. The van der Waals surface area contributed by atoms with Gasteiger partial charge in [0.1, 0.15) is 24.3 Å². The molecule has 1 aliphatic rings. The van der Waals surface area contributed by atoms with Gasteiger partial charge in [0.15, 0.2) is 0 Å². The fourth-order valence-corrected chi connectivity index (χ4v) is 2.94. The van der Waals surface area contributed by atoms with E-state index in [4.69, 9.17) is 13.9 Å². The molecule has 0 aromatic carbocycles. The number of methoxy groups -OCH3 is 1. The van der Waals surface area contributed by atoms with Crippen LogP contribution in [-0.2, 0) is 11.3 Å². The molecule has 0 aliphatic heterocycles. The van der Waals surface area contributed by atoms with Crippen molar-refractivity contribution < 1.29 is 18.7 Å². The molecule has 0 saturated heterocycles. The maximum absolute atomic E-state index is 12.3. The zero-order valence-corrected chi connectivity index (χ0v) is 13.0. The SMILES string of the molecule is COc1coc(COC(=O)c2cccn2C2CCCC2)cc1=O. The lowest BCUT2D eigenvalue weighted by Gasteiger charge is -2.15. The van der Waals surface area contributed by atoms with E-state index in [9.17, 15) is 9.59 Å². The Balaban J connectivity index is 1.67. The van der Waals surface area contributed by atoms with Crippen LogP contribution < -0.4 is 10.2 Å². The summed E-state index contributed by atoms with van der Waals surface area (Å²) in [6, 6.07) is 5.24. The number of hydrogen-bond donors (Lipinski definition) is 0. The molecule has 0 spiro atoms. The molecule has 2 heterocycles. The first kappa shape index (κ1) is 15.4. The molecule has 2 aromatic rings. The maximum atomic E-state index is 12.3. The van der Waals surface area contributed by atoms with E-state index in [1.54, 1.807) is 6.07 Å². The minimum Gasteiger partial charge on any atom is -0.490 e. The van der Waals surface area contributed by atoms with Crippen molar-refractivity contribution in [2.75, 3.05) is 7.11 Å². The molecule has 0 amide bonds. The van der Waals surface area contributed by atoms with Gasteiger partial charge in [-0.1, -0.05) is 12.8 Å². The summed E-state index contributed by atoms with van der Waals surface area (Å²) < 4.78 is 17.3. The molecule has 1 aliphatic carbocycles. The molecule has 0 N–H and O–H groups in total. The highest BCUT2D eigenvalue weighted by molar-refractivity contribution is 5.87. The van der Waals surface area contributed by atoms with Gasteiger partial charge in [-0.15, -0.1) is 0 Å². The maximum Gasteiger partial charge on any atom is 0.355 e. The van der Waals surface area contributed by atoms with Gasteiger partial charge in [0.05, 0.1) is 7.11 Å². The highest BCUT2D eigenvalue weighted by atomic mass is 16.5. The summed E-state index contributed by atoms with van der Waals surface area (Å²) in [5.41, 5.74) is 0.229. The smallest absolute Gasteiger partial charge is 0.355 e. The summed E-state index contributed by atoms with van der Waals surface area (Å²) in [5, 5.41) is 0. The van der Waals surface area contributed by atoms with Crippen LogP contribution in [0.25, 0.3) is 0 Å². The van der Waals surface area contributed by atoms with Crippen molar-refractivity contribution in [3.8, 4) is 5.75 Å². The minimum absolute atomic E-state index is 0.0894. The third kappa shape index (κ3) is 3.31. The predicted molar refractivity (Wildman–Crippen MR) is 82.6 cm³/mol. The van der Waals surface area contributed by atoms with Crippen LogP contribution in [0.2, 0.25) is 0 Å². The fraction of sp³-hybridized carbons (Fsp3) is 0.412. The zero-order chi connectivity index (χ0) is 16.2. The Kier molecular flexibility index (Phi) is 4.50. The molecule has 1 saturated carbocycles. The van der Waals surface area contributed by atoms with E-state index < -0.39 is 5.97 Å². The Morgan fingerprint density at radius 2 is 2.17 bits per heavy atom. The lowest BCUT2D eigenvalue weighted by Crippen LogP contribution is -2.15. The molecule has 3 rings (SSSR count). The first-order chi connectivity index (χ1) is 11.2. The lowest BCUT2D eigenvalue weighted by molar-refractivity contribution is 0.0427. The van der Waals surface area contributed by atoms with Gasteiger partial charge in [0, 0.05) is 18.3 Å². The highest BCUT2D eigenvalue weighted by Gasteiger charge is 2.22. The molecule has 0 radical (unpaired) electrons. The number of rotatable bonds is 5. The molecular formula is C17H19NO5. The average Bonchev–Trinajstić information content (AvgIpc) is 3.23. The number of ether oxygens (including phenoxy) is 2. The molecule has 0 bridgehead atoms. The third-order valence-electron chi connectivity index (χ3n) is 4.12. The summed E-state index contributed by atoms with van der Waals surface area (Å²) in [5.74, 6) is -0.0151. The van der Waals surface area contributed by atoms with Crippen molar-refractivity contribution in [3.05, 3.63) is 52.3 Å². The standard InChI is InChI=1S/C17H19NO5/c1-21-16-11-22-13(9-15(16)19)10-23-17(20)14-7-4-8-18(14)12-5-2-3-6-12/h4,7-9,11-12H,2-3,5-6,10H2,1H3. The van der Waals surface area contributed by atoms with Gasteiger partial charge < -0.3 is 18.5 Å². The summed E-state index contributed by atoms with van der Waals surface area (Å²) in [6.07, 6.45) is 7.68. The number of carbonyl (C=O) groups is 1. The van der Waals surface area contributed by atoms with Gasteiger partial charge in [-0.25, -0.2) is 4.79 Å². The largest absolute Gasteiger partial charge is 0.490 e. The number of carbonyl (C=O) groups excluding carboxylic acids is 1. The van der Waals surface area contributed by atoms with E-state index in [-0.39, 0.29) is 23.5 Å². The number of esters is 1. The zero-order valence-electron chi connectivity index (χ0n) is 13.0. The van der Waals surface area contributed by atoms with Crippen LogP contribution in [-0.4, -0.2) is 17.6 Å². The molecule has 23 heavy (non-hydrogen) atoms. The van der Waals surface area contributed by atoms with Crippen LogP contribution in [0.1, 0.15) is 48.0 Å². The van der Waals surface area contributed by atoms with Crippen molar-refractivity contribution in [1.82, 2.24) is 4.57 Å². The Morgan fingerprint density at radius 3 is 2.87 bits per heavy atom. The van der Waals surface area contributed by atoms with Crippen molar-refractivity contribution >= 4 is 5.97 Å². The van der Waals surface area contributed by atoms with Gasteiger partial charge in [-0.05, 0) is 25.0 Å². The number of aromatic nitrogens is 1. The minimum atomic E-state index is -0.416. The summed E-state index contributed by atoms with van der Waals surface area (Å²) in [4.78, 5) is 23.9. The fourth-order valence-electron chi connectivity index (χ4n) is 2.94. The van der Waals surface area contributed by atoms with E-state index in [2.05, 4.69) is 0 Å². The molecular weight excluding hydrogens is 298 g/mol. The first-order valence-corrected chi connectivity index (χ1v) is 7.68. The van der Waals surface area contributed by atoms with Gasteiger partial charge in [-0.3, -0.25) is 4.79 Å². The Hall–Kier alpha value is -2.50. The van der Waals surface area contributed by atoms with Crippen LogP contribution in [0.5, 0.6) is 5.75 Å². The van der Waals surface area contributed by atoms with E-state index in [0.717, 1.165) is 12.8 Å². The topological polar surface area (TPSA) is 70.7 Å². The van der Waals surface area contributed by atoms with Crippen LogP contribution in [0.3, 0.4) is 0 Å². The summed E-state index contributed by atoms with van der Waals surface area (Å²) in [6.45, 7) is -0.0894. The second-order valence-electron chi connectivity index (χ2n) is 5.59. The van der Waals surface area contributed by atoms with E-state index in [0.29, 0.717) is 11.7 Å². The number of hydrogen-bond acceptors (Lipinski definition) is 5. The van der Waals surface area contributed by atoms with Crippen molar-refractivity contribution in [2.24, 2.45) is 0 Å². The van der Waals surface area contributed by atoms with Gasteiger partial charge in [0.2, 0.25) is 11.2 Å². The van der Waals surface area contributed by atoms with E-state index in [1.807, 2.05) is 16.8 Å². The molecule has 0 atom stereocenters. The van der Waals surface area contributed by atoms with Crippen molar-refractivity contribution in [3.63, 3.8) is 0 Å². The highest BCUT2D eigenvalue weighted by Crippen LogP contribution is 2.30. The normalized spacial score (nSPS) is 14.8. The Morgan fingerprint density at radius 1 is 1.39 bits per heavy atom. The van der Waals surface area contributed by atoms with Gasteiger partial charge >= 0.3 is 5.97 Å². The molecule has 1 fully saturated rings. The van der Waals surface area contributed by atoms with Crippen LogP contribution in [0.4, 0.5) is 0 Å². The van der Waals surface area contributed by atoms with Crippen molar-refractivity contribution in [2.45, 2.75) is 38.3 Å². The van der Waals surface area contributed by atoms with Crippen LogP contribution >= 0.6 is 0 Å². The predicted octanol–water partition coefficient (Wildman–Crippen LogP) is 2.92.